The van der Waals surface area contributed by atoms with Crippen LogP contribution in [0.15, 0.2) is 24.3 Å². The van der Waals surface area contributed by atoms with Crippen LogP contribution in [0.2, 0.25) is 0 Å². The first-order chi connectivity index (χ1) is 9.61. The maximum atomic E-state index is 5.66. The van der Waals surface area contributed by atoms with Crippen LogP contribution in [0.5, 0.6) is 0 Å². The van der Waals surface area contributed by atoms with Crippen molar-refractivity contribution in [3.8, 4) is 0 Å². The molecular weight excluding hydrogens is 248 g/mol. The molecule has 3 unspecified atom stereocenters. The first-order valence-electron chi connectivity index (χ1n) is 7.67. The van der Waals surface area contributed by atoms with Crippen molar-refractivity contribution in [2.75, 3.05) is 27.2 Å². The highest BCUT2D eigenvalue weighted by molar-refractivity contribution is 5.24. The van der Waals surface area contributed by atoms with Gasteiger partial charge in [0.25, 0.3) is 0 Å². The largest absolute Gasteiger partial charge is 0.377 e. The van der Waals surface area contributed by atoms with Gasteiger partial charge in [0.2, 0.25) is 0 Å². The van der Waals surface area contributed by atoms with Crippen LogP contribution < -0.4 is 5.32 Å². The molecule has 3 heteroatoms. The standard InChI is InChI=1S/C17H28N2O/c1-13-5-7-15(8-6-13)16(18-3)9-11-19(4)17-10-12-20-14(17)2/h5-8,14,16-18H,9-12H2,1-4H3. The third kappa shape index (κ3) is 3.81. The highest BCUT2D eigenvalue weighted by Gasteiger charge is 2.27. The predicted molar refractivity (Wildman–Crippen MR) is 84.0 cm³/mol. The van der Waals surface area contributed by atoms with Crippen molar-refractivity contribution >= 4 is 0 Å². The van der Waals surface area contributed by atoms with Crippen LogP contribution in [0.3, 0.4) is 0 Å². The Kier molecular flexibility index (Phi) is 5.58. The zero-order valence-electron chi connectivity index (χ0n) is 13.2. The van der Waals surface area contributed by atoms with Crippen molar-refractivity contribution in [2.45, 2.75) is 44.9 Å². The minimum Gasteiger partial charge on any atom is -0.377 e. The van der Waals surface area contributed by atoms with E-state index < -0.39 is 0 Å². The number of likely N-dealkylation sites (N-methyl/N-ethyl adjacent to an activating group) is 1. The predicted octanol–water partition coefficient (Wildman–Crippen LogP) is 2.75. The van der Waals surface area contributed by atoms with E-state index in [1.54, 1.807) is 0 Å². The Morgan fingerprint density at radius 1 is 1.35 bits per heavy atom. The molecule has 0 saturated carbocycles. The monoisotopic (exact) mass is 276 g/mol. The average molecular weight is 276 g/mol. The number of hydrogen-bond donors (Lipinski definition) is 1. The molecule has 3 atom stereocenters. The number of hydrogen-bond acceptors (Lipinski definition) is 3. The van der Waals surface area contributed by atoms with Gasteiger partial charge in [0.15, 0.2) is 0 Å². The van der Waals surface area contributed by atoms with E-state index in [4.69, 9.17) is 4.74 Å². The maximum absolute atomic E-state index is 5.66. The summed E-state index contributed by atoms with van der Waals surface area (Å²) in [5.41, 5.74) is 2.69. The normalized spacial score (nSPS) is 24.2. The summed E-state index contributed by atoms with van der Waals surface area (Å²) in [4.78, 5) is 2.45. The molecule has 0 aliphatic carbocycles. The first kappa shape index (κ1) is 15.5. The lowest BCUT2D eigenvalue weighted by atomic mass is 10.0. The minimum atomic E-state index is 0.368. The number of ether oxygens (including phenoxy) is 1. The van der Waals surface area contributed by atoms with E-state index in [2.05, 4.69) is 55.4 Å². The molecule has 0 spiro atoms. The zero-order valence-corrected chi connectivity index (χ0v) is 13.2. The molecule has 1 heterocycles. The lowest BCUT2D eigenvalue weighted by Gasteiger charge is -2.28. The highest BCUT2D eigenvalue weighted by atomic mass is 16.5. The topological polar surface area (TPSA) is 24.5 Å². The van der Waals surface area contributed by atoms with Gasteiger partial charge < -0.3 is 15.0 Å². The van der Waals surface area contributed by atoms with Crippen molar-refractivity contribution in [2.24, 2.45) is 0 Å². The molecule has 1 fully saturated rings. The minimum absolute atomic E-state index is 0.368. The Morgan fingerprint density at radius 2 is 2.05 bits per heavy atom. The molecule has 0 radical (unpaired) electrons. The summed E-state index contributed by atoms with van der Waals surface area (Å²) >= 11 is 0. The summed E-state index contributed by atoms with van der Waals surface area (Å²) in [6, 6.07) is 9.85. The summed E-state index contributed by atoms with van der Waals surface area (Å²) in [7, 11) is 4.27. The molecule has 1 aliphatic heterocycles. The van der Waals surface area contributed by atoms with Crippen molar-refractivity contribution in [3.05, 3.63) is 35.4 Å². The van der Waals surface area contributed by atoms with Gasteiger partial charge in [-0.15, -0.1) is 0 Å². The first-order valence-corrected chi connectivity index (χ1v) is 7.67. The van der Waals surface area contributed by atoms with Gasteiger partial charge in [0.05, 0.1) is 6.10 Å². The molecule has 0 bridgehead atoms. The molecule has 2 rings (SSSR count). The second kappa shape index (κ2) is 7.21. The summed E-state index contributed by atoms with van der Waals surface area (Å²) in [5.74, 6) is 0. The van der Waals surface area contributed by atoms with Gasteiger partial charge in [-0.1, -0.05) is 29.8 Å². The van der Waals surface area contributed by atoms with Crippen molar-refractivity contribution < 1.29 is 4.74 Å². The molecule has 20 heavy (non-hydrogen) atoms. The Balaban J connectivity index is 1.88. The van der Waals surface area contributed by atoms with E-state index in [9.17, 15) is 0 Å². The van der Waals surface area contributed by atoms with Gasteiger partial charge in [-0.25, -0.2) is 0 Å². The molecule has 1 saturated heterocycles. The smallest absolute Gasteiger partial charge is 0.0702 e. The van der Waals surface area contributed by atoms with Gasteiger partial charge >= 0.3 is 0 Å². The van der Waals surface area contributed by atoms with E-state index in [1.165, 1.54) is 11.1 Å². The molecule has 0 amide bonds. The number of nitrogens with one attached hydrogen (secondary N) is 1. The fraction of sp³-hybridized carbons (Fsp3) is 0.647. The van der Waals surface area contributed by atoms with Crippen molar-refractivity contribution in [1.82, 2.24) is 10.2 Å². The van der Waals surface area contributed by atoms with Gasteiger partial charge in [0, 0.05) is 25.2 Å². The molecule has 1 aromatic rings. The number of benzene rings is 1. The second-order valence-electron chi connectivity index (χ2n) is 5.95. The van der Waals surface area contributed by atoms with Crippen LogP contribution >= 0.6 is 0 Å². The molecule has 3 nitrogen and oxygen atoms in total. The lowest BCUT2D eigenvalue weighted by Crippen LogP contribution is -2.38. The molecule has 1 N–H and O–H groups in total. The highest BCUT2D eigenvalue weighted by Crippen LogP contribution is 2.21. The quantitative estimate of drug-likeness (QED) is 0.864. The van der Waals surface area contributed by atoms with Crippen LogP contribution in [0, 0.1) is 6.92 Å². The van der Waals surface area contributed by atoms with Gasteiger partial charge in [-0.05, 0) is 46.3 Å². The van der Waals surface area contributed by atoms with Crippen LogP contribution in [0.1, 0.15) is 36.9 Å². The van der Waals surface area contributed by atoms with E-state index >= 15 is 0 Å². The number of nitrogens with zero attached hydrogens (tertiary/aromatic N) is 1. The second-order valence-corrected chi connectivity index (χ2v) is 5.95. The van der Waals surface area contributed by atoms with E-state index in [1.807, 2.05) is 7.05 Å². The summed E-state index contributed by atoms with van der Waals surface area (Å²) in [6.45, 7) is 6.32. The van der Waals surface area contributed by atoms with Crippen LogP contribution in [0.25, 0.3) is 0 Å². The lowest BCUT2D eigenvalue weighted by molar-refractivity contribution is 0.0824. The van der Waals surface area contributed by atoms with Crippen molar-refractivity contribution in [3.63, 3.8) is 0 Å². The summed E-state index contributed by atoms with van der Waals surface area (Å²) in [6.07, 6.45) is 2.65. The fourth-order valence-corrected chi connectivity index (χ4v) is 3.07. The van der Waals surface area contributed by atoms with E-state index in [0.29, 0.717) is 18.2 Å². The molecule has 0 aromatic heterocycles. The summed E-state index contributed by atoms with van der Waals surface area (Å²) < 4.78 is 5.66. The average Bonchev–Trinajstić information content (AvgIpc) is 2.87. The summed E-state index contributed by atoms with van der Waals surface area (Å²) in [5, 5.41) is 3.44. The number of rotatable bonds is 6. The van der Waals surface area contributed by atoms with Crippen molar-refractivity contribution in [1.29, 1.82) is 0 Å². The maximum Gasteiger partial charge on any atom is 0.0702 e. The third-order valence-electron chi connectivity index (χ3n) is 4.50. The molecule has 1 aromatic carbocycles. The van der Waals surface area contributed by atoms with Crippen LogP contribution in [-0.4, -0.2) is 44.3 Å². The molecule has 112 valence electrons. The third-order valence-corrected chi connectivity index (χ3v) is 4.50. The van der Waals surface area contributed by atoms with E-state index in [-0.39, 0.29) is 0 Å². The number of aryl methyl sites for hydroxylation is 1. The van der Waals surface area contributed by atoms with Crippen LogP contribution in [0.4, 0.5) is 0 Å². The Bertz CT molecular complexity index is 404. The SMILES string of the molecule is CNC(CCN(C)C1CCOC1C)c1ccc(C)cc1. The Labute approximate surface area is 123 Å². The van der Waals surface area contributed by atoms with E-state index in [0.717, 1.165) is 26.0 Å². The van der Waals surface area contributed by atoms with Gasteiger partial charge in [-0.3, -0.25) is 0 Å². The molecule has 1 aliphatic rings. The van der Waals surface area contributed by atoms with Crippen LogP contribution in [-0.2, 0) is 4.74 Å². The van der Waals surface area contributed by atoms with Gasteiger partial charge in [-0.2, -0.15) is 0 Å². The Morgan fingerprint density at radius 3 is 2.60 bits per heavy atom. The fourth-order valence-electron chi connectivity index (χ4n) is 3.07. The molecular formula is C17H28N2O. The Hall–Kier alpha value is -0.900. The van der Waals surface area contributed by atoms with Gasteiger partial charge in [0.1, 0.15) is 0 Å². The zero-order chi connectivity index (χ0) is 14.5.